The van der Waals surface area contributed by atoms with Gasteiger partial charge in [0.05, 0.1) is 5.33 Å². The molecule has 2 nitrogen and oxygen atoms in total. The number of halogens is 2. The van der Waals surface area contributed by atoms with E-state index in [1.807, 2.05) is 6.07 Å². The summed E-state index contributed by atoms with van der Waals surface area (Å²) in [5, 5.41) is 0.360. The van der Waals surface area contributed by atoms with Crippen molar-refractivity contribution in [2.45, 2.75) is 19.8 Å². The molecule has 0 aliphatic carbocycles. The molecular weight excluding hydrogens is 310 g/mol. The smallest absolute Gasteiger partial charge is 0.175 e. The van der Waals surface area contributed by atoms with E-state index in [0.717, 1.165) is 11.1 Å². The first-order valence-electron chi connectivity index (χ1n) is 4.20. The Morgan fingerprint density at radius 3 is 2.71 bits per heavy atom. The van der Waals surface area contributed by atoms with Gasteiger partial charge in [0.2, 0.25) is 0 Å². The molecule has 0 aliphatic rings. The zero-order valence-corrected chi connectivity index (χ0v) is 11.5. The summed E-state index contributed by atoms with van der Waals surface area (Å²) in [6.45, 7) is 4.14. The number of ketones is 1. The van der Waals surface area contributed by atoms with Crippen molar-refractivity contribution in [2.75, 3.05) is 5.33 Å². The third-order valence-electron chi connectivity index (χ3n) is 1.90. The Hall–Kier alpha value is -0.220. The van der Waals surface area contributed by atoms with Crippen molar-refractivity contribution in [3.63, 3.8) is 0 Å². The van der Waals surface area contributed by atoms with E-state index in [4.69, 9.17) is 0 Å². The van der Waals surface area contributed by atoms with Gasteiger partial charge in [0.1, 0.15) is 0 Å². The fourth-order valence-electron chi connectivity index (χ4n) is 1.21. The molecule has 1 aromatic rings. The second kappa shape index (κ2) is 6.30. The molecule has 0 bridgehead atoms. The molecule has 0 aromatic carbocycles. The minimum Gasteiger partial charge on any atom is -0.293 e. The molecule has 14 heavy (non-hydrogen) atoms. The van der Waals surface area contributed by atoms with E-state index < -0.39 is 0 Å². The van der Waals surface area contributed by atoms with Crippen LogP contribution in [0.3, 0.4) is 0 Å². The van der Waals surface area contributed by atoms with Gasteiger partial charge in [0, 0.05) is 18.0 Å². The van der Waals surface area contributed by atoms with Crippen LogP contribution in [-0.4, -0.2) is 16.1 Å². The lowest BCUT2D eigenvalue weighted by atomic mass is 9.97. The van der Waals surface area contributed by atoms with Crippen LogP contribution in [-0.2, 0) is 0 Å². The Kier molecular flexibility index (Phi) is 6.20. The number of hydrogen-bond acceptors (Lipinski definition) is 2. The maximum absolute atomic E-state index is 11.5. The zero-order valence-electron chi connectivity index (χ0n) is 8.16. The van der Waals surface area contributed by atoms with Gasteiger partial charge in [-0.25, -0.2) is 0 Å². The monoisotopic (exact) mass is 321 g/mol. The van der Waals surface area contributed by atoms with Gasteiger partial charge in [-0.3, -0.25) is 9.78 Å². The lowest BCUT2D eigenvalue weighted by molar-refractivity contribution is 0.102. The number of pyridine rings is 1. The predicted octanol–water partition coefficient (Wildman–Crippen LogP) is 3.36. The molecule has 4 heteroatoms. The van der Waals surface area contributed by atoms with Crippen molar-refractivity contribution >= 4 is 38.7 Å². The molecule has 0 atom stereocenters. The second-order valence-corrected chi connectivity index (χ2v) is 3.74. The Labute approximate surface area is 103 Å². The molecule has 0 aliphatic heterocycles. The maximum Gasteiger partial charge on any atom is 0.175 e. The van der Waals surface area contributed by atoms with Crippen LogP contribution in [0.15, 0.2) is 18.5 Å². The summed E-state index contributed by atoms with van der Waals surface area (Å²) in [5.41, 5.74) is 1.80. The van der Waals surface area contributed by atoms with Crippen molar-refractivity contribution in [1.29, 1.82) is 0 Å². The number of nitrogens with zero attached hydrogens (tertiary/aromatic N) is 1. The van der Waals surface area contributed by atoms with E-state index in [0.29, 0.717) is 11.2 Å². The molecule has 0 radical (unpaired) electrons. The van der Waals surface area contributed by atoms with E-state index >= 15 is 0 Å². The van der Waals surface area contributed by atoms with Crippen LogP contribution >= 0.6 is 32.9 Å². The standard InChI is InChI=1S/C10H12BrNO.BrH/c1-7(2)8-3-4-12-6-9(8)10(13)5-11;/h3-4,6-7H,5H2,1-2H3;1H. The molecule has 0 fully saturated rings. The van der Waals surface area contributed by atoms with E-state index in [1.54, 1.807) is 12.4 Å². The van der Waals surface area contributed by atoms with Crippen LogP contribution < -0.4 is 0 Å². The molecule has 0 unspecified atom stereocenters. The van der Waals surface area contributed by atoms with Gasteiger partial charge in [-0.05, 0) is 17.5 Å². The molecule has 1 rings (SSSR count). The van der Waals surface area contributed by atoms with Crippen LogP contribution in [0.25, 0.3) is 0 Å². The molecule has 0 saturated heterocycles. The van der Waals surface area contributed by atoms with Crippen LogP contribution in [0, 0.1) is 0 Å². The first-order chi connectivity index (χ1) is 6.16. The quantitative estimate of drug-likeness (QED) is 0.631. The number of alkyl halides is 1. The van der Waals surface area contributed by atoms with E-state index in [-0.39, 0.29) is 22.8 Å². The van der Waals surface area contributed by atoms with E-state index in [1.165, 1.54) is 0 Å². The Morgan fingerprint density at radius 2 is 2.21 bits per heavy atom. The highest BCUT2D eigenvalue weighted by molar-refractivity contribution is 9.09. The average molecular weight is 323 g/mol. The van der Waals surface area contributed by atoms with Gasteiger partial charge in [-0.15, -0.1) is 17.0 Å². The van der Waals surface area contributed by atoms with E-state index in [9.17, 15) is 4.79 Å². The average Bonchev–Trinajstić information content (AvgIpc) is 2.16. The van der Waals surface area contributed by atoms with Gasteiger partial charge in [-0.2, -0.15) is 0 Å². The maximum atomic E-state index is 11.5. The van der Waals surface area contributed by atoms with Crippen LogP contribution in [0.1, 0.15) is 35.7 Å². The molecule has 1 heterocycles. The largest absolute Gasteiger partial charge is 0.293 e. The molecule has 1 aromatic heterocycles. The van der Waals surface area contributed by atoms with Gasteiger partial charge >= 0.3 is 0 Å². The fourth-order valence-corrected chi connectivity index (χ4v) is 1.52. The van der Waals surface area contributed by atoms with Crippen LogP contribution in [0.5, 0.6) is 0 Å². The van der Waals surface area contributed by atoms with Crippen molar-refractivity contribution < 1.29 is 4.79 Å². The van der Waals surface area contributed by atoms with E-state index in [2.05, 4.69) is 34.8 Å². The Balaban J connectivity index is 0.00000169. The first kappa shape index (κ1) is 13.8. The fraction of sp³-hybridized carbons (Fsp3) is 0.400. The molecule has 78 valence electrons. The third-order valence-corrected chi connectivity index (χ3v) is 2.41. The minimum absolute atomic E-state index is 0. The van der Waals surface area contributed by atoms with Crippen molar-refractivity contribution in [3.8, 4) is 0 Å². The number of carbonyl (C=O) groups is 1. The number of hydrogen-bond donors (Lipinski definition) is 0. The molecule has 0 amide bonds. The minimum atomic E-state index is 0. The third kappa shape index (κ3) is 3.17. The SMILES string of the molecule is Br.CC(C)c1ccncc1C(=O)CBr. The number of rotatable bonds is 3. The van der Waals surface area contributed by atoms with Gasteiger partial charge in [0.15, 0.2) is 5.78 Å². The molecule has 0 spiro atoms. The Morgan fingerprint density at radius 1 is 1.57 bits per heavy atom. The topological polar surface area (TPSA) is 30.0 Å². The molecule has 0 saturated carbocycles. The summed E-state index contributed by atoms with van der Waals surface area (Å²) in [6.07, 6.45) is 3.36. The summed E-state index contributed by atoms with van der Waals surface area (Å²) in [4.78, 5) is 15.4. The Bertz CT molecular complexity index is 313. The lowest BCUT2D eigenvalue weighted by Crippen LogP contribution is -2.06. The van der Waals surface area contributed by atoms with Crippen molar-refractivity contribution in [2.24, 2.45) is 0 Å². The molecule has 0 N–H and O–H groups in total. The normalized spacial score (nSPS) is 9.71. The summed E-state index contributed by atoms with van der Waals surface area (Å²) < 4.78 is 0. The highest BCUT2D eigenvalue weighted by Gasteiger charge is 2.11. The number of carbonyl (C=O) groups excluding carboxylic acids is 1. The highest BCUT2D eigenvalue weighted by atomic mass is 79.9. The summed E-state index contributed by atoms with van der Waals surface area (Å²) in [7, 11) is 0. The number of aromatic nitrogens is 1. The lowest BCUT2D eigenvalue weighted by Gasteiger charge is -2.09. The van der Waals surface area contributed by atoms with Gasteiger partial charge in [0.25, 0.3) is 0 Å². The molecular formula is C10H13Br2NO. The zero-order chi connectivity index (χ0) is 9.84. The summed E-state index contributed by atoms with van der Waals surface area (Å²) in [6, 6.07) is 1.90. The van der Waals surface area contributed by atoms with Gasteiger partial charge < -0.3 is 0 Å². The summed E-state index contributed by atoms with van der Waals surface area (Å²) in [5.74, 6) is 0.456. The first-order valence-corrected chi connectivity index (χ1v) is 5.32. The van der Waals surface area contributed by atoms with Crippen LogP contribution in [0.4, 0.5) is 0 Å². The second-order valence-electron chi connectivity index (χ2n) is 3.17. The van der Waals surface area contributed by atoms with Crippen molar-refractivity contribution in [1.82, 2.24) is 4.98 Å². The predicted molar refractivity (Wildman–Crippen MR) is 66.8 cm³/mol. The summed E-state index contributed by atoms with van der Waals surface area (Å²) >= 11 is 3.16. The van der Waals surface area contributed by atoms with Crippen molar-refractivity contribution in [3.05, 3.63) is 29.6 Å². The van der Waals surface area contributed by atoms with Crippen LogP contribution in [0.2, 0.25) is 0 Å². The highest BCUT2D eigenvalue weighted by Crippen LogP contribution is 2.18. The van der Waals surface area contributed by atoms with Gasteiger partial charge in [-0.1, -0.05) is 29.8 Å². The number of Topliss-reactive ketones (excluding diaryl/α,β-unsaturated/α-hetero) is 1.